The van der Waals surface area contributed by atoms with Gasteiger partial charge in [0.15, 0.2) is 12.2 Å². The van der Waals surface area contributed by atoms with Crippen LogP contribution in [0.3, 0.4) is 0 Å². The molecule has 0 fully saturated rings. The third-order valence-electron chi connectivity index (χ3n) is 17.7. The Morgan fingerprint density at radius 1 is 0.298 bits per heavy atom. The lowest BCUT2D eigenvalue weighted by molar-refractivity contribution is -0.161. The van der Waals surface area contributed by atoms with E-state index in [-0.39, 0.29) is 25.7 Å². The molecule has 0 aliphatic carbocycles. The fourth-order valence-electron chi connectivity index (χ4n) is 11.3. The first-order chi connectivity index (χ1) is 45.1. The number of hydrogen-bond acceptors (Lipinski definition) is 15. The SMILES string of the molecule is CCC(C)CCCCCCCCCCCCCCCCC(=O)OC[C@H](COP(=O)(O)OCC(O)COP(=O)(O)OC[C@@H](COC(=O)CCCCCCCCCCC(C)C)OC(=O)CCCCCCCCCC(C)C)OC(=O)CCCCCCCCCCCCCCC(C)C. The van der Waals surface area contributed by atoms with Crippen LogP contribution in [0.2, 0.25) is 0 Å². The van der Waals surface area contributed by atoms with Gasteiger partial charge in [0.2, 0.25) is 0 Å². The van der Waals surface area contributed by atoms with E-state index in [9.17, 15) is 43.2 Å². The Labute approximate surface area is 575 Å². The van der Waals surface area contributed by atoms with E-state index in [0.29, 0.717) is 31.6 Å². The van der Waals surface area contributed by atoms with Crippen LogP contribution in [0.1, 0.15) is 376 Å². The van der Waals surface area contributed by atoms with Crippen molar-refractivity contribution in [2.45, 2.75) is 395 Å². The number of ether oxygens (including phenoxy) is 4. The number of carbonyl (C=O) groups excluding carboxylic acids is 4. The standard InChI is InChI=1S/C75H146O17P2/c1-9-68(8)54-46-38-30-21-17-12-10-11-13-18-22-31-39-47-55-72(77)85-61-70(91-74(79)57-49-41-33-23-19-15-14-16-20-27-35-43-51-65(2)3)63-89-93(81,82)87-59-69(76)60-88-94(83,84)90-64-71(92-75(80)58-50-42-34-26-29-37-45-53-67(6)7)62-86-73(78)56-48-40-32-25-24-28-36-44-52-66(4)5/h65-71,76H,9-64H2,1-8H3,(H,81,82)(H,83,84)/t68?,69?,70-,71-/m1/s1. The van der Waals surface area contributed by atoms with E-state index in [1.165, 1.54) is 180 Å². The molecule has 19 heteroatoms. The van der Waals surface area contributed by atoms with Gasteiger partial charge < -0.3 is 33.8 Å². The minimum atomic E-state index is -4.96. The summed E-state index contributed by atoms with van der Waals surface area (Å²) in [4.78, 5) is 72.7. The highest BCUT2D eigenvalue weighted by Gasteiger charge is 2.30. The molecule has 0 heterocycles. The molecule has 0 saturated heterocycles. The molecule has 0 radical (unpaired) electrons. The zero-order valence-corrected chi connectivity index (χ0v) is 63.4. The summed E-state index contributed by atoms with van der Waals surface area (Å²) in [6.07, 6.45) is 48.7. The third kappa shape index (κ3) is 67.3. The lowest BCUT2D eigenvalue weighted by Crippen LogP contribution is -2.30. The second-order valence-electron chi connectivity index (χ2n) is 28.7. The van der Waals surface area contributed by atoms with Gasteiger partial charge in [0.25, 0.3) is 0 Å². The number of hydrogen-bond donors (Lipinski definition) is 3. The molecule has 0 aliphatic rings. The molecule has 0 rings (SSSR count). The fourth-order valence-corrected chi connectivity index (χ4v) is 12.9. The Kier molecular flexibility index (Phi) is 63.1. The van der Waals surface area contributed by atoms with Gasteiger partial charge in [-0.2, -0.15) is 0 Å². The van der Waals surface area contributed by atoms with E-state index >= 15 is 0 Å². The molecule has 6 atom stereocenters. The highest BCUT2D eigenvalue weighted by molar-refractivity contribution is 7.47. The molecule has 0 aromatic rings. The van der Waals surface area contributed by atoms with Gasteiger partial charge in [-0.05, 0) is 49.4 Å². The molecule has 558 valence electrons. The van der Waals surface area contributed by atoms with Gasteiger partial charge in [-0.25, -0.2) is 9.13 Å². The highest BCUT2D eigenvalue weighted by atomic mass is 31.2. The summed E-state index contributed by atoms with van der Waals surface area (Å²) >= 11 is 0. The Morgan fingerprint density at radius 3 is 0.755 bits per heavy atom. The van der Waals surface area contributed by atoms with E-state index in [0.717, 1.165) is 108 Å². The number of phosphoric ester groups is 2. The van der Waals surface area contributed by atoms with E-state index in [1.807, 2.05) is 0 Å². The van der Waals surface area contributed by atoms with Crippen molar-refractivity contribution >= 4 is 39.5 Å². The van der Waals surface area contributed by atoms with Crippen LogP contribution in [0.15, 0.2) is 0 Å². The van der Waals surface area contributed by atoms with E-state index in [4.69, 9.17) is 37.0 Å². The molecule has 17 nitrogen and oxygen atoms in total. The maximum atomic E-state index is 13.1. The summed E-state index contributed by atoms with van der Waals surface area (Å²) in [5.74, 6) is 0.924. The number of carbonyl (C=O) groups is 4. The molecule has 3 N–H and O–H groups in total. The Morgan fingerprint density at radius 2 is 0.511 bits per heavy atom. The van der Waals surface area contributed by atoms with Crippen LogP contribution in [0, 0.1) is 23.7 Å². The largest absolute Gasteiger partial charge is 0.472 e. The molecule has 0 aromatic carbocycles. The van der Waals surface area contributed by atoms with Crippen molar-refractivity contribution in [1.82, 2.24) is 0 Å². The minimum Gasteiger partial charge on any atom is -0.462 e. The third-order valence-corrected chi connectivity index (χ3v) is 19.6. The predicted octanol–water partition coefficient (Wildman–Crippen LogP) is 21.7. The number of esters is 4. The van der Waals surface area contributed by atoms with Gasteiger partial charge in [0, 0.05) is 25.7 Å². The highest BCUT2D eigenvalue weighted by Crippen LogP contribution is 2.45. The number of rotatable bonds is 72. The summed E-state index contributed by atoms with van der Waals surface area (Å²) in [5, 5.41) is 10.6. The Hall–Kier alpha value is -1.94. The smallest absolute Gasteiger partial charge is 0.462 e. The molecule has 4 unspecified atom stereocenters. The van der Waals surface area contributed by atoms with Crippen LogP contribution in [-0.2, 0) is 65.4 Å². The van der Waals surface area contributed by atoms with Crippen molar-refractivity contribution in [3.8, 4) is 0 Å². The maximum Gasteiger partial charge on any atom is 0.472 e. The molecule has 94 heavy (non-hydrogen) atoms. The first-order valence-electron chi connectivity index (χ1n) is 38.7. The monoisotopic (exact) mass is 1380 g/mol. The van der Waals surface area contributed by atoms with Crippen LogP contribution < -0.4 is 0 Å². The van der Waals surface area contributed by atoms with Crippen LogP contribution >= 0.6 is 15.6 Å². The van der Waals surface area contributed by atoms with Gasteiger partial charge >= 0.3 is 39.5 Å². The molecular weight excluding hydrogens is 1230 g/mol. The Balaban J connectivity index is 5.23. The zero-order chi connectivity index (χ0) is 69.6. The van der Waals surface area contributed by atoms with E-state index in [2.05, 4.69) is 55.4 Å². The van der Waals surface area contributed by atoms with Crippen molar-refractivity contribution in [3.05, 3.63) is 0 Å². The Bertz CT molecular complexity index is 1850. The molecule has 0 aliphatic heterocycles. The summed E-state index contributed by atoms with van der Waals surface area (Å²) in [6.45, 7) is 14.2. The molecule has 0 spiro atoms. The fraction of sp³-hybridized carbons (Fsp3) is 0.947. The normalized spacial score (nSPS) is 14.4. The van der Waals surface area contributed by atoms with Crippen molar-refractivity contribution in [3.63, 3.8) is 0 Å². The summed E-state index contributed by atoms with van der Waals surface area (Å²) in [5.41, 5.74) is 0. The first kappa shape index (κ1) is 92.1. The quantitative estimate of drug-likeness (QED) is 0.0222. The molecule has 0 amide bonds. The average molecular weight is 1380 g/mol. The second kappa shape index (κ2) is 64.4. The van der Waals surface area contributed by atoms with Gasteiger partial charge in [-0.15, -0.1) is 0 Å². The first-order valence-corrected chi connectivity index (χ1v) is 41.7. The van der Waals surface area contributed by atoms with Crippen molar-refractivity contribution in [1.29, 1.82) is 0 Å². The topological polar surface area (TPSA) is 237 Å². The molecular formula is C75H146O17P2. The van der Waals surface area contributed by atoms with Crippen molar-refractivity contribution < 1.29 is 80.2 Å². The van der Waals surface area contributed by atoms with Gasteiger partial charge in [0.05, 0.1) is 26.4 Å². The number of aliphatic hydroxyl groups excluding tert-OH is 1. The number of phosphoric acid groups is 2. The molecule has 0 aromatic heterocycles. The summed E-state index contributed by atoms with van der Waals surface area (Å²) in [6, 6.07) is 0. The number of unbranched alkanes of at least 4 members (excludes halogenated alkanes) is 37. The molecule has 0 saturated carbocycles. The predicted molar refractivity (Wildman–Crippen MR) is 381 cm³/mol. The lowest BCUT2D eigenvalue weighted by atomic mass is 9.99. The maximum absolute atomic E-state index is 13.1. The van der Waals surface area contributed by atoms with Crippen LogP contribution in [0.25, 0.3) is 0 Å². The van der Waals surface area contributed by atoms with E-state index < -0.39 is 97.5 Å². The minimum absolute atomic E-state index is 0.103. The second-order valence-corrected chi connectivity index (χ2v) is 31.6. The van der Waals surface area contributed by atoms with Gasteiger partial charge in [0.1, 0.15) is 19.3 Å². The van der Waals surface area contributed by atoms with Crippen molar-refractivity contribution in [2.75, 3.05) is 39.6 Å². The van der Waals surface area contributed by atoms with Crippen LogP contribution in [-0.4, -0.2) is 96.7 Å². The summed E-state index contributed by atoms with van der Waals surface area (Å²) in [7, 11) is -9.91. The van der Waals surface area contributed by atoms with Crippen LogP contribution in [0.4, 0.5) is 0 Å². The lowest BCUT2D eigenvalue weighted by Gasteiger charge is -2.21. The van der Waals surface area contributed by atoms with Crippen molar-refractivity contribution in [2.24, 2.45) is 23.7 Å². The van der Waals surface area contributed by atoms with E-state index in [1.54, 1.807) is 0 Å². The number of aliphatic hydroxyl groups is 1. The molecule has 0 bridgehead atoms. The zero-order valence-electron chi connectivity index (χ0n) is 61.6. The van der Waals surface area contributed by atoms with Crippen LogP contribution in [0.5, 0.6) is 0 Å². The van der Waals surface area contributed by atoms with Gasteiger partial charge in [-0.1, -0.05) is 325 Å². The average Bonchev–Trinajstić information content (AvgIpc) is 1.41. The van der Waals surface area contributed by atoms with Gasteiger partial charge in [-0.3, -0.25) is 37.3 Å². The summed E-state index contributed by atoms with van der Waals surface area (Å²) < 4.78 is 68.4.